The standard InChI is InChI=1S/C6H13N7O/c1-12(3-5(7)10-14)4-6-8-11-13(2)9-6/h14H,3-4H2,1-2H3,(H2,7,10). The minimum absolute atomic E-state index is 0.149. The molecule has 1 heterocycles. The van der Waals surface area contributed by atoms with Crippen molar-refractivity contribution in [1.29, 1.82) is 0 Å². The van der Waals surface area contributed by atoms with E-state index in [1.807, 2.05) is 11.9 Å². The van der Waals surface area contributed by atoms with Crippen molar-refractivity contribution in [2.45, 2.75) is 6.54 Å². The third-order valence-electron chi connectivity index (χ3n) is 1.52. The van der Waals surface area contributed by atoms with Gasteiger partial charge in [0.2, 0.25) is 0 Å². The molecule has 0 bridgehead atoms. The Morgan fingerprint density at radius 1 is 1.71 bits per heavy atom. The normalized spacial score (nSPS) is 12.4. The number of aromatic nitrogens is 4. The lowest BCUT2D eigenvalue weighted by Gasteiger charge is -2.12. The molecule has 0 saturated carbocycles. The molecule has 0 amide bonds. The van der Waals surface area contributed by atoms with Gasteiger partial charge in [-0.15, -0.1) is 10.2 Å². The number of rotatable bonds is 4. The molecule has 1 aromatic heterocycles. The minimum atomic E-state index is 0.149. The summed E-state index contributed by atoms with van der Waals surface area (Å²) in [6, 6.07) is 0. The van der Waals surface area contributed by atoms with Crippen molar-refractivity contribution < 1.29 is 5.21 Å². The van der Waals surface area contributed by atoms with Crippen LogP contribution in [0.2, 0.25) is 0 Å². The van der Waals surface area contributed by atoms with Gasteiger partial charge in [-0.05, 0) is 12.3 Å². The summed E-state index contributed by atoms with van der Waals surface area (Å²) >= 11 is 0. The molecular weight excluding hydrogens is 186 g/mol. The van der Waals surface area contributed by atoms with Crippen LogP contribution in [0.25, 0.3) is 0 Å². The van der Waals surface area contributed by atoms with Crippen LogP contribution in [0.15, 0.2) is 5.16 Å². The molecule has 8 nitrogen and oxygen atoms in total. The van der Waals surface area contributed by atoms with Crippen LogP contribution in [0.1, 0.15) is 5.82 Å². The maximum absolute atomic E-state index is 8.34. The average molecular weight is 199 g/mol. The summed E-state index contributed by atoms with van der Waals surface area (Å²) in [4.78, 5) is 3.19. The van der Waals surface area contributed by atoms with Gasteiger partial charge in [-0.2, -0.15) is 4.80 Å². The number of oxime groups is 1. The summed E-state index contributed by atoms with van der Waals surface area (Å²) in [6.45, 7) is 0.860. The third-order valence-corrected chi connectivity index (χ3v) is 1.52. The number of hydrogen-bond donors (Lipinski definition) is 2. The van der Waals surface area contributed by atoms with Crippen LogP contribution in [0.4, 0.5) is 0 Å². The SMILES string of the molecule is CN(CC(N)=NO)Cc1nnn(C)n1. The molecule has 0 aliphatic carbocycles. The predicted molar refractivity (Wildman–Crippen MR) is 48.5 cm³/mol. The van der Waals surface area contributed by atoms with E-state index in [2.05, 4.69) is 20.6 Å². The molecule has 1 rings (SSSR count). The summed E-state index contributed by atoms with van der Waals surface area (Å²) < 4.78 is 0. The van der Waals surface area contributed by atoms with Gasteiger partial charge in [0.15, 0.2) is 11.7 Å². The molecule has 0 fully saturated rings. The molecule has 0 aliphatic heterocycles. The van der Waals surface area contributed by atoms with Crippen molar-refractivity contribution in [2.75, 3.05) is 13.6 Å². The number of likely N-dealkylation sites (N-methyl/N-ethyl adjacent to an activating group) is 1. The monoisotopic (exact) mass is 199 g/mol. The quantitative estimate of drug-likeness (QED) is 0.261. The Morgan fingerprint density at radius 3 is 2.93 bits per heavy atom. The first kappa shape index (κ1) is 10.4. The molecular formula is C6H13N7O. The fourth-order valence-electron chi connectivity index (χ4n) is 0.992. The first-order valence-corrected chi connectivity index (χ1v) is 3.99. The number of hydrogen-bond acceptors (Lipinski definition) is 6. The van der Waals surface area contributed by atoms with Crippen LogP contribution in [0.5, 0.6) is 0 Å². The minimum Gasteiger partial charge on any atom is -0.409 e. The van der Waals surface area contributed by atoms with E-state index in [0.717, 1.165) is 0 Å². The average Bonchev–Trinajstić information content (AvgIpc) is 2.50. The highest BCUT2D eigenvalue weighted by atomic mass is 16.4. The van der Waals surface area contributed by atoms with Crippen LogP contribution in [-0.4, -0.2) is 49.7 Å². The molecule has 0 aromatic carbocycles. The Morgan fingerprint density at radius 2 is 2.43 bits per heavy atom. The summed E-state index contributed by atoms with van der Waals surface area (Å²) in [6.07, 6.45) is 0. The van der Waals surface area contributed by atoms with Gasteiger partial charge in [0.05, 0.1) is 20.1 Å². The van der Waals surface area contributed by atoms with Crippen molar-refractivity contribution in [3.63, 3.8) is 0 Å². The van der Waals surface area contributed by atoms with E-state index in [0.29, 0.717) is 18.9 Å². The highest BCUT2D eigenvalue weighted by molar-refractivity contribution is 5.81. The van der Waals surface area contributed by atoms with E-state index < -0.39 is 0 Å². The maximum Gasteiger partial charge on any atom is 0.188 e. The van der Waals surface area contributed by atoms with Crippen LogP contribution in [0, 0.1) is 0 Å². The highest BCUT2D eigenvalue weighted by Crippen LogP contribution is 1.92. The largest absolute Gasteiger partial charge is 0.409 e. The lowest BCUT2D eigenvalue weighted by atomic mass is 10.5. The highest BCUT2D eigenvalue weighted by Gasteiger charge is 2.06. The van der Waals surface area contributed by atoms with Gasteiger partial charge in [-0.25, -0.2) is 0 Å². The lowest BCUT2D eigenvalue weighted by molar-refractivity contribution is 0.307. The zero-order chi connectivity index (χ0) is 10.6. The van der Waals surface area contributed by atoms with Crippen LogP contribution >= 0.6 is 0 Å². The second-order valence-electron chi connectivity index (χ2n) is 2.96. The second-order valence-corrected chi connectivity index (χ2v) is 2.96. The number of aryl methyl sites for hydroxylation is 1. The van der Waals surface area contributed by atoms with E-state index in [-0.39, 0.29) is 5.84 Å². The van der Waals surface area contributed by atoms with E-state index in [9.17, 15) is 0 Å². The van der Waals surface area contributed by atoms with E-state index in [4.69, 9.17) is 10.9 Å². The van der Waals surface area contributed by atoms with Crippen molar-refractivity contribution >= 4 is 5.84 Å². The summed E-state index contributed by atoms with van der Waals surface area (Å²) in [5.74, 6) is 0.747. The van der Waals surface area contributed by atoms with Crippen LogP contribution in [0.3, 0.4) is 0 Å². The Hall–Kier alpha value is -1.70. The third kappa shape index (κ3) is 2.98. The first-order chi connectivity index (χ1) is 6.61. The van der Waals surface area contributed by atoms with Gasteiger partial charge >= 0.3 is 0 Å². The zero-order valence-corrected chi connectivity index (χ0v) is 8.12. The molecule has 78 valence electrons. The Kier molecular flexibility index (Phi) is 3.35. The molecule has 3 N–H and O–H groups in total. The second kappa shape index (κ2) is 4.51. The smallest absolute Gasteiger partial charge is 0.188 e. The fraction of sp³-hybridized carbons (Fsp3) is 0.667. The molecule has 0 atom stereocenters. The summed E-state index contributed by atoms with van der Waals surface area (Å²) in [5, 5.41) is 22.7. The summed E-state index contributed by atoms with van der Waals surface area (Å²) in [7, 11) is 3.51. The van der Waals surface area contributed by atoms with Gasteiger partial charge in [-0.3, -0.25) is 4.90 Å². The summed E-state index contributed by atoms with van der Waals surface area (Å²) in [5.41, 5.74) is 5.33. The van der Waals surface area contributed by atoms with Crippen molar-refractivity contribution in [2.24, 2.45) is 17.9 Å². The molecule has 14 heavy (non-hydrogen) atoms. The molecule has 0 spiro atoms. The maximum atomic E-state index is 8.34. The van der Waals surface area contributed by atoms with Gasteiger partial charge in [0, 0.05) is 0 Å². The van der Waals surface area contributed by atoms with E-state index >= 15 is 0 Å². The number of nitrogens with two attached hydrogens (primary N) is 1. The van der Waals surface area contributed by atoms with Crippen LogP contribution in [-0.2, 0) is 13.6 Å². The molecule has 0 aliphatic rings. The molecule has 8 heteroatoms. The zero-order valence-electron chi connectivity index (χ0n) is 8.12. The molecule has 1 aromatic rings. The molecule has 0 unspecified atom stereocenters. The fourth-order valence-corrected chi connectivity index (χ4v) is 0.992. The predicted octanol–water partition coefficient (Wildman–Crippen LogP) is -1.61. The van der Waals surface area contributed by atoms with E-state index in [1.165, 1.54) is 4.80 Å². The number of tetrazole rings is 1. The Bertz CT molecular complexity index is 320. The topological polar surface area (TPSA) is 105 Å². The van der Waals surface area contributed by atoms with Crippen molar-refractivity contribution in [3.8, 4) is 0 Å². The van der Waals surface area contributed by atoms with Crippen LogP contribution < -0.4 is 5.73 Å². The molecule has 0 saturated heterocycles. The molecule has 0 radical (unpaired) electrons. The first-order valence-electron chi connectivity index (χ1n) is 3.99. The van der Waals surface area contributed by atoms with Gasteiger partial charge in [-0.1, -0.05) is 5.16 Å². The van der Waals surface area contributed by atoms with E-state index in [1.54, 1.807) is 7.05 Å². The van der Waals surface area contributed by atoms with Gasteiger partial charge in [0.25, 0.3) is 0 Å². The number of nitrogens with zero attached hydrogens (tertiary/aromatic N) is 6. The van der Waals surface area contributed by atoms with Crippen molar-refractivity contribution in [3.05, 3.63) is 5.82 Å². The number of amidine groups is 1. The van der Waals surface area contributed by atoms with Gasteiger partial charge < -0.3 is 10.9 Å². The Labute approximate surface area is 81.0 Å². The Balaban J connectivity index is 2.45. The van der Waals surface area contributed by atoms with Gasteiger partial charge in [0.1, 0.15) is 0 Å². The lowest BCUT2D eigenvalue weighted by Crippen LogP contribution is -2.30. The van der Waals surface area contributed by atoms with Crippen molar-refractivity contribution in [1.82, 2.24) is 25.1 Å².